The summed E-state index contributed by atoms with van der Waals surface area (Å²) >= 11 is 0. The van der Waals surface area contributed by atoms with Crippen LogP contribution in [-0.2, 0) is 11.3 Å². The van der Waals surface area contributed by atoms with Crippen molar-refractivity contribution in [1.29, 1.82) is 5.26 Å². The Hall–Kier alpha value is -1.33. The number of benzene rings is 1. The zero-order valence-electron chi connectivity index (χ0n) is 10.7. The smallest absolute Gasteiger partial charge is 0.0716 e. The zero-order valence-corrected chi connectivity index (χ0v) is 10.7. The van der Waals surface area contributed by atoms with E-state index in [1.54, 1.807) is 0 Å². The highest BCUT2D eigenvalue weighted by Crippen LogP contribution is 2.14. The lowest BCUT2D eigenvalue weighted by molar-refractivity contribution is 0.110. The Kier molecular flexibility index (Phi) is 6.35. The quantitative estimate of drug-likeness (QED) is 0.669. The van der Waals surface area contributed by atoms with E-state index in [1.165, 1.54) is 5.56 Å². The van der Waals surface area contributed by atoms with E-state index in [0.717, 1.165) is 12.8 Å². The number of nitriles is 1. The average molecular weight is 231 g/mol. The summed E-state index contributed by atoms with van der Waals surface area (Å²) in [5.41, 5.74) is 1.19. The summed E-state index contributed by atoms with van der Waals surface area (Å²) in [5.74, 6) is 0.708. The van der Waals surface area contributed by atoms with Gasteiger partial charge in [0.2, 0.25) is 0 Å². The van der Waals surface area contributed by atoms with Gasteiger partial charge in [-0.25, -0.2) is 0 Å². The van der Waals surface area contributed by atoms with Crippen LogP contribution in [0.3, 0.4) is 0 Å². The molecular formula is C15H21NO. The van der Waals surface area contributed by atoms with Crippen molar-refractivity contribution < 1.29 is 4.74 Å². The van der Waals surface area contributed by atoms with Crippen LogP contribution in [0.25, 0.3) is 0 Å². The van der Waals surface area contributed by atoms with E-state index >= 15 is 0 Å². The maximum atomic E-state index is 8.99. The molecule has 1 unspecified atom stereocenters. The molecule has 2 nitrogen and oxygen atoms in total. The lowest BCUT2D eigenvalue weighted by Crippen LogP contribution is -2.06. The SMILES string of the molecule is CC(C)CC(C#N)CCOCc1ccccc1. The highest BCUT2D eigenvalue weighted by atomic mass is 16.5. The molecule has 17 heavy (non-hydrogen) atoms. The molecule has 0 saturated carbocycles. The molecule has 0 heterocycles. The van der Waals surface area contributed by atoms with Crippen molar-refractivity contribution in [2.45, 2.75) is 33.3 Å². The number of ether oxygens (including phenoxy) is 1. The van der Waals surface area contributed by atoms with Gasteiger partial charge >= 0.3 is 0 Å². The molecule has 0 bridgehead atoms. The minimum absolute atomic E-state index is 0.130. The molecule has 1 aromatic rings. The Morgan fingerprint density at radius 2 is 1.94 bits per heavy atom. The lowest BCUT2D eigenvalue weighted by atomic mass is 9.96. The third-order valence-corrected chi connectivity index (χ3v) is 2.66. The summed E-state index contributed by atoms with van der Waals surface area (Å²) in [6.07, 6.45) is 1.80. The van der Waals surface area contributed by atoms with Gasteiger partial charge in [0.1, 0.15) is 0 Å². The second kappa shape index (κ2) is 7.86. The Morgan fingerprint density at radius 1 is 1.24 bits per heavy atom. The third kappa shape index (κ3) is 6.09. The fourth-order valence-electron chi connectivity index (χ4n) is 1.79. The Balaban J connectivity index is 2.17. The average Bonchev–Trinajstić information content (AvgIpc) is 2.34. The van der Waals surface area contributed by atoms with Gasteiger partial charge in [-0.1, -0.05) is 44.2 Å². The van der Waals surface area contributed by atoms with Gasteiger partial charge in [0.25, 0.3) is 0 Å². The lowest BCUT2D eigenvalue weighted by Gasteiger charge is -2.11. The van der Waals surface area contributed by atoms with Gasteiger partial charge in [0.05, 0.1) is 12.7 Å². The summed E-state index contributed by atoms with van der Waals surface area (Å²) in [5, 5.41) is 8.99. The van der Waals surface area contributed by atoms with Crippen molar-refractivity contribution in [2.24, 2.45) is 11.8 Å². The van der Waals surface area contributed by atoms with E-state index in [1.807, 2.05) is 18.2 Å². The molecule has 0 aliphatic rings. The number of hydrogen-bond donors (Lipinski definition) is 0. The summed E-state index contributed by atoms with van der Waals surface area (Å²) < 4.78 is 5.58. The first-order valence-electron chi connectivity index (χ1n) is 6.23. The molecule has 0 N–H and O–H groups in total. The van der Waals surface area contributed by atoms with Crippen LogP contribution < -0.4 is 0 Å². The first-order chi connectivity index (χ1) is 8.22. The predicted octanol–water partition coefficient (Wildman–Crippen LogP) is 3.78. The Bertz CT molecular complexity index is 340. The van der Waals surface area contributed by atoms with Gasteiger partial charge in [0, 0.05) is 12.5 Å². The van der Waals surface area contributed by atoms with E-state index in [0.29, 0.717) is 19.1 Å². The first kappa shape index (κ1) is 13.7. The maximum absolute atomic E-state index is 8.99. The van der Waals surface area contributed by atoms with Crippen LogP contribution in [0.15, 0.2) is 30.3 Å². The van der Waals surface area contributed by atoms with Crippen molar-refractivity contribution in [3.05, 3.63) is 35.9 Å². The fourth-order valence-corrected chi connectivity index (χ4v) is 1.79. The van der Waals surface area contributed by atoms with E-state index in [9.17, 15) is 0 Å². The summed E-state index contributed by atoms with van der Waals surface area (Å²) in [6, 6.07) is 12.5. The molecule has 0 aromatic heterocycles. The summed E-state index contributed by atoms with van der Waals surface area (Å²) in [6.45, 7) is 5.60. The number of hydrogen-bond acceptors (Lipinski definition) is 2. The van der Waals surface area contributed by atoms with Crippen molar-refractivity contribution in [3.63, 3.8) is 0 Å². The van der Waals surface area contributed by atoms with Crippen molar-refractivity contribution >= 4 is 0 Å². The van der Waals surface area contributed by atoms with Crippen LogP contribution in [-0.4, -0.2) is 6.61 Å². The molecule has 0 spiro atoms. The van der Waals surface area contributed by atoms with E-state index in [4.69, 9.17) is 10.00 Å². The molecule has 0 aliphatic heterocycles. The highest BCUT2D eigenvalue weighted by Gasteiger charge is 2.09. The Morgan fingerprint density at radius 3 is 2.53 bits per heavy atom. The van der Waals surface area contributed by atoms with Crippen LogP contribution in [0.5, 0.6) is 0 Å². The van der Waals surface area contributed by atoms with Gasteiger partial charge in [-0.05, 0) is 24.3 Å². The predicted molar refractivity (Wildman–Crippen MR) is 69.3 cm³/mol. The Labute approximate surface area is 104 Å². The zero-order chi connectivity index (χ0) is 12.5. The van der Waals surface area contributed by atoms with Crippen LogP contribution in [0.1, 0.15) is 32.3 Å². The molecule has 1 aromatic carbocycles. The van der Waals surface area contributed by atoms with Crippen molar-refractivity contribution in [3.8, 4) is 6.07 Å². The van der Waals surface area contributed by atoms with Crippen LogP contribution in [0.2, 0.25) is 0 Å². The molecular weight excluding hydrogens is 210 g/mol. The normalized spacial score (nSPS) is 12.4. The molecule has 0 radical (unpaired) electrons. The van der Waals surface area contributed by atoms with E-state index in [-0.39, 0.29) is 5.92 Å². The number of nitrogens with zero attached hydrogens (tertiary/aromatic N) is 1. The van der Waals surface area contributed by atoms with Gasteiger partial charge in [-0.15, -0.1) is 0 Å². The largest absolute Gasteiger partial charge is 0.377 e. The topological polar surface area (TPSA) is 33.0 Å². The third-order valence-electron chi connectivity index (χ3n) is 2.66. The summed E-state index contributed by atoms with van der Waals surface area (Å²) in [7, 11) is 0. The molecule has 0 aliphatic carbocycles. The second-order valence-corrected chi connectivity index (χ2v) is 4.78. The van der Waals surface area contributed by atoms with Gasteiger partial charge in [0.15, 0.2) is 0 Å². The van der Waals surface area contributed by atoms with Gasteiger partial charge in [-0.2, -0.15) is 5.26 Å². The molecule has 1 atom stereocenters. The molecule has 0 saturated heterocycles. The van der Waals surface area contributed by atoms with Crippen LogP contribution in [0.4, 0.5) is 0 Å². The highest BCUT2D eigenvalue weighted by molar-refractivity contribution is 5.13. The molecule has 1 rings (SSSR count). The molecule has 92 valence electrons. The van der Waals surface area contributed by atoms with Gasteiger partial charge in [-0.3, -0.25) is 0 Å². The fraction of sp³-hybridized carbons (Fsp3) is 0.533. The van der Waals surface area contributed by atoms with Crippen LogP contribution >= 0.6 is 0 Å². The maximum Gasteiger partial charge on any atom is 0.0716 e. The van der Waals surface area contributed by atoms with Gasteiger partial charge < -0.3 is 4.74 Å². The van der Waals surface area contributed by atoms with E-state index in [2.05, 4.69) is 32.0 Å². The van der Waals surface area contributed by atoms with Crippen molar-refractivity contribution in [2.75, 3.05) is 6.61 Å². The standard InChI is InChI=1S/C15H21NO/c1-13(2)10-15(11-16)8-9-17-12-14-6-4-3-5-7-14/h3-7,13,15H,8-10,12H2,1-2H3. The first-order valence-corrected chi connectivity index (χ1v) is 6.23. The second-order valence-electron chi connectivity index (χ2n) is 4.78. The van der Waals surface area contributed by atoms with E-state index < -0.39 is 0 Å². The molecule has 2 heteroatoms. The van der Waals surface area contributed by atoms with Crippen molar-refractivity contribution in [1.82, 2.24) is 0 Å². The van der Waals surface area contributed by atoms with Crippen LogP contribution in [0, 0.1) is 23.2 Å². The molecule has 0 amide bonds. The minimum Gasteiger partial charge on any atom is -0.377 e. The minimum atomic E-state index is 0.130. The number of rotatable bonds is 7. The summed E-state index contributed by atoms with van der Waals surface area (Å²) in [4.78, 5) is 0. The molecule has 0 fully saturated rings. The monoisotopic (exact) mass is 231 g/mol.